The van der Waals surface area contributed by atoms with Crippen molar-refractivity contribution in [2.75, 3.05) is 7.11 Å². The number of carbonyl (C=O) groups is 1. The second-order valence-electron chi connectivity index (χ2n) is 4.49. The SMILES string of the molecule is COc1ccc(-c2cc(C)c(Cl)cc2C)c(C=O)c1. The van der Waals surface area contributed by atoms with Gasteiger partial charge in [0.15, 0.2) is 6.29 Å². The van der Waals surface area contributed by atoms with Crippen LogP contribution < -0.4 is 4.74 Å². The van der Waals surface area contributed by atoms with E-state index in [9.17, 15) is 4.79 Å². The highest BCUT2D eigenvalue weighted by molar-refractivity contribution is 6.31. The summed E-state index contributed by atoms with van der Waals surface area (Å²) in [5, 5.41) is 0.738. The highest BCUT2D eigenvalue weighted by atomic mass is 35.5. The summed E-state index contributed by atoms with van der Waals surface area (Å²) in [4.78, 5) is 11.3. The maximum atomic E-state index is 11.3. The molecule has 0 aliphatic carbocycles. The summed E-state index contributed by atoms with van der Waals surface area (Å²) in [6.07, 6.45) is 0.848. The average molecular weight is 275 g/mol. The molecule has 0 fully saturated rings. The molecular formula is C16H15ClO2. The minimum Gasteiger partial charge on any atom is -0.497 e. The third-order valence-corrected chi connectivity index (χ3v) is 3.59. The van der Waals surface area contributed by atoms with Crippen molar-refractivity contribution in [3.05, 3.63) is 52.0 Å². The number of aldehydes is 1. The summed E-state index contributed by atoms with van der Waals surface area (Å²) < 4.78 is 5.14. The highest BCUT2D eigenvalue weighted by Gasteiger charge is 2.10. The normalized spacial score (nSPS) is 10.3. The summed E-state index contributed by atoms with van der Waals surface area (Å²) in [6.45, 7) is 3.94. The van der Waals surface area contributed by atoms with Crippen LogP contribution in [0.25, 0.3) is 11.1 Å². The van der Waals surface area contributed by atoms with E-state index in [2.05, 4.69) is 0 Å². The first kappa shape index (κ1) is 13.6. The topological polar surface area (TPSA) is 26.3 Å². The van der Waals surface area contributed by atoms with Gasteiger partial charge in [0.2, 0.25) is 0 Å². The molecule has 0 heterocycles. The van der Waals surface area contributed by atoms with Crippen molar-refractivity contribution in [2.24, 2.45) is 0 Å². The Bertz CT molecular complexity index is 633. The van der Waals surface area contributed by atoms with Crippen LogP contribution in [0.3, 0.4) is 0 Å². The molecule has 0 bridgehead atoms. The van der Waals surface area contributed by atoms with Crippen molar-refractivity contribution in [3.8, 4) is 16.9 Å². The maximum absolute atomic E-state index is 11.3. The molecule has 19 heavy (non-hydrogen) atoms. The quantitative estimate of drug-likeness (QED) is 0.773. The maximum Gasteiger partial charge on any atom is 0.150 e. The van der Waals surface area contributed by atoms with Crippen LogP contribution in [0.1, 0.15) is 21.5 Å². The number of rotatable bonds is 3. The molecular weight excluding hydrogens is 260 g/mol. The van der Waals surface area contributed by atoms with Gasteiger partial charge in [-0.15, -0.1) is 0 Å². The van der Waals surface area contributed by atoms with Gasteiger partial charge in [0.1, 0.15) is 5.75 Å². The first-order valence-corrected chi connectivity index (χ1v) is 6.35. The largest absolute Gasteiger partial charge is 0.497 e. The molecule has 3 heteroatoms. The predicted molar refractivity (Wildman–Crippen MR) is 78.3 cm³/mol. The second-order valence-corrected chi connectivity index (χ2v) is 4.89. The van der Waals surface area contributed by atoms with Crippen LogP contribution in [0.15, 0.2) is 30.3 Å². The van der Waals surface area contributed by atoms with E-state index in [0.29, 0.717) is 11.3 Å². The second kappa shape index (κ2) is 5.45. The minimum atomic E-state index is 0.615. The minimum absolute atomic E-state index is 0.615. The van der Waals surface area contributed by atoms with Gasteiger partial charge in [-0.1, -0.05) is 11.6 Å². The van der Waals surface area contributed by atoms with Crippen molar-refractivity contribution in [3.63, 3.8) is 0 Å². The fraction of sp³-hybridized carbons (Fsp3) is 0.188. The first-order valence-electron chi connectivity index (χ1n) is 5.97. The lowest BCUT2D eigenvalue weighted by Gasteiger charge is -2.12. The van der Waals surface area contributed by atoms with Gasteiger partial charge in [-0.25, -0.2) is 0 Å². The van der Waals surface area contributed by atoms with Crippen LogP contribution in [0, 0.1) is 13.8 Å². The predicted octanol–water partition coefficient (Wildman–Crippen LogP) is 4.44. The molecule has 2 rings (SSSR count). The highest BCUT2D eigenvalue weighted by Crippen LogP contribution is 2.32. The Hall–Kier alpha value is -1.80. The van der Waals surface area contributed by atoms with Crippen LogP contribution in [0.5, 0.6) is 5.75 Å². The number of halogens is 1. The van der Waals surface area contributed by atoms with E-state index in [1.54, 1.807) is 13.2 Å². The molecule has 0 spiro atoms. The van der Waals surface area contributed by atoms with Crippen LogP contribution in [0.2, 0.25) is 5.02 Å². The van der Waals surface area contributed by atoms with Crippen LogP contribution in [0.4, 0.5) is 0 Å². The van der Waals surface area contributed by atoms with Gasteiger partial charge in [0.25, 0.3) is 0 Å². The van der Waals surface area contributed by atoms with Gasteiger partial charge in [0, 0.05) is 10.6 Å². The molecule has 0 saturated carbocycles. The summed E-state index contributed by atoms with van der Waals surface area (Å²) in [6, 6.07) is 9.42. The van der Waals surface area contributed by atoms with E-state index in [4.69, 9.17) is 16.3 Å². The average Bonchev–Trinajstić information content (AvgIpc) is 2.42. The summed E-state index contributed by atoms with van der Waals surface area (Å²) >= 11 is 6.11. The van der Waals surface area contributed by atoms with Gasteiger partial charge in [-0.2, -0.15) is 0 Å². The standard InChI is InChI=1S/C16H15ClO2/c1-10-7-16(17)11(2)6-15(10)14-5-4-13(19-3)8-12(14)9-18/h4-9H,1-3H3. The molecule has 98 valence electrons. The van der Waals surface area contributed by atoms with Crippen molar-refractivity contribution in [2.45, 2.75) is 13.8 Å². The molecule has 0 saturated heterocycles. The molecule has 0 radical (unpaired) electrons. The Labute approximate surface area is 118 Å². The Morgan fingerprint density at radius 2 is 1.79 bits per heavy atom. The van der Waals surface area contributed by atoms with E-state index in [-0.39, 0.29) is 0 Å². The van der Waals surface area contributed by atoms with Crippen molar-refractivity contribution >= 4 is 17.9 Å². The van der Waals surface area contributed by atoms with Crippen molar-refractivity contribution < 1.29 is 9.53 Å². The van der Waals surface area contributed by atoms with Gasteiger partial charge >= 0.3 is 0 Å². The van der Waals surface area contributed by atoms with E-state index < -0.39 is 0 Å². The number of hydrogen-bond acceptors (Lipinski definition) is 2. The van der Waals surface area contributed by atoms with Gasteiger partial charge in [-0.05, 0) is 66.4 Å². The first-order chi connectivity index (χ1) is 9.06. The van der Waals surface area contributed by atoms with E-state index in [1.165, 1.54) is 0 Å². The zero-order chi connectivity index (χ0) is 14.0. The number of ether oxygens (including phenoxy) is 1. The Kier molecular flexibility index (Phi) is 3.91. The monoisotopic (exact) mass is 274 g/mol. The molecule has 0 aliphatic rings. The zero-order valence-electron chi connectivity index (χ0n) is 11.2. The Morgan fingerprint density at radius 3 is 2.42 bits per heavy atom. The summed E-state index contributed by atoms with van der Waals surface area (Å²) in [5.74, 6) is 0.675. The van der Waals surface area contributed by atoms with Gasteiger partial charge in [-0.3, -0.25) is 4.79 Å². The van der Waals surface area contributed by atoms with Gasteiger partial charge < -0.3 is 4.74 Å². The smallest absolute Gasteiger partial charge is 0.150 e. The van der Waals surface area contributed by atoms with Gasteiger partial charge in [0.05, 0.1) is 7.11 Å². The lowest BCUT2D eigenvalue weighted by molar-refractivity contribution is 0.112. The molecule has 0 N–H and O–H groups in total. The Morgan fingerprint density at radius 1 is 1.05 bits per heavy atom. The Balaban J connectivity index is 2.65. The molecule has 0 atom stereocenters. The number of carbonyl (C=O) groups excluding carboxylic acids is 1. The number of hydrogen-bond donors (Lipinski definition) is 0. The molecule has 0 unspecified atom stereocenters. The summed E-state index contributed by atoms with van der Waals surface area (Å²) in [5.41, 5.74) is 4.57. The fourth-order valence-corrected chi connectivity index (χ4v) is 2.30. The molecule has 0 aromatic heterocycles. The zero-order valence-corrected chi connectivity index (χ0v) is 11.9. The number of benzene rings is 2. The van der Waals surface area contributed by atoms with E-state index >= 15 is 0 Å². The number of methoxy groups -OCH3 is 1. The van der Waals surface area contributed by atoms with E-state index in [1.807, 2.05) is 38.1 Å². The molecule has 2 aromatic carbocycles. The lowest BCUT2D eigenvalue weighted by Crippen LogP contribution is -1.93. The molecule has 2 nitrogen and oxygen atoms in total. The molecule has 0 aliphatic heterocycles. The van der Waals surface area contributed by atoms with Crippen molar-refractivity contribution in [1.82, 2.24) is 0 Å². The lowest BCUT2D eigenvalue weighted by atomic mass is 9.95. The van der Waals surface area contributed by atoms with E-state index in [0.717, 1.165) is 33.6 Å². The third kappa shape index (κ3) is 2.64. The fourth-order valence-electron chi connectivity index (χ4n) is 2.08. The third-order valence-electron chi connectivity index (χ3n) is 3.18. The number of aryl methyl sites for hydroxylation is 2. The van der Waals surface area contributed by atoms with Crippen LogP contribution in [-0.2, 0) is 0 Å². The summed E-state index contributed by atoms with van der Waals surface area (Å²) in [7, 11) is 1.58. The van der Waals surface area contributed by atoms with Crippen molar-refractivity contribution in [1.29, 1.82) is 0 Å². The van der Waals surface area contributed by atoms with Crippen LogP contribution in [-0.4, -0.2) is 13.4 Å². The molecule has 0 amide bonds. The molecule has 2 aromatic rings. The van der Waals surface area contributed by atoms with Crippen LogP contribution >= 0.6 is 11.6 Å².